The molecule has 15 heavy (non-hydrogen) atoms. The Hall–Kier alpha value is -1.30. The first kappa shape index (κ1) is 16.1. The molecular weight excluding hydrogens is 180 g/mol. The fraction of sp³-hybridized carbons (Fsp3) is 0.333. The Kier molecular flexibility index (Phi) is 13.7. The summed E-state index contributed by atoms with van der Waals surface area (Å²) >= 11 is 0. The fourth-order valence-electron chi connectivity index (χ4n) is 0.950. The molecule has 0 unspecified atom stereocenters. The van der Waals surface area contributed by atoms with Crippen molar-refractivity contribution >= 4 is 5.57 Å². The van der Waals surface area contributed by atoms with E-state index in [0.717, 1.165) is 5.57 Å². The maximum absolute atomic E-state index is 3.93. The van der Waals surface area contributed by atoms with Crippen molar-refractivity contribution in [2.75, 3.05) is 0 Å². The van der Waals surface area contributed by atoms with E-state index in [1.165, 1.54) is 5.56 Å². The first-order valence-corrected chi connectivity index (χ1v) is 5.71. The van der Waals surface area contributed by atoms with E-state index in [9.17, 15) is 0 Å². The van der Waals surface area contributed by atoms with Gasteiger partial charge in [-0.15, -0.1) is 0 Å². The molecule has 84 valence electrons. The summed E-state index contributed by atoms with van der Waals surface area (Å²) in [6.45, 7) is 13.9. The summed E-state index contributed by atoms with van der Waals surface area (Å²) in [5, 5.41) is 0. The van der Waals surface area contributed by atoms with Gasteiger partial charge in [0.2, 0.25) is 0 Å². The van der Waals surface area contributed by atoms with Crippen LogP contribution in [0.3, 0.4) is 0 Å². The van der Waals surface area contributed by atoms with Crippen molar-refractivity contribution in [2.24, 2.45) is 0 Å². The third kappa shape index (κ3) is 7.75. The lowest BCUT2D eigenvalue weighted by Crippen LogP contribution is -1.75. The standard InChI is InChI=1S/C11H12.2C2H6/c1-3-7-10(2)11-8-5-4-6-9-11;2*1-2/h3-9H,2H2,1H3;2*1-2H3/b7-3-;;. The zero-order valence-electron chi connectivity index (χ0n) is 10.7. The number of hydrogen-bond acceptors (Lipinski definition) is 0. The van der Waals surface area contributed by atoms with Crippen molar-refractivity contribution in [1.29, 1.82) is 0 Å². The average Bonchev–Trinajstić information content (AvgIpc) is 2.36. The quantitative estimate of drug-likeness (QED) is 0.571. The van der Waals surface area contributed by atoms with Crippen molar-refractivity contribution in [3.63, 3.8) is 0 Å². The summed E-state index contributed by atoms with van der Waals surface area (Å²) in [5.74, 6) is 0. The van der Waals surface area contributed by atoms with Crippen LogP contribution in [0.1, 0.15) is 40.2 Å². The monoisotopic (exact) mass is 204 g/mol. The zero-order chi connectivity index (χ0) is 12.1. The molecule has 0 nitrogen and oxygen atoms in total. The maximum atomic E-state index is 3.93. The zero-order valence-corrected chi connectivity index (χ0v) is 10.7. The lowest BCUT2D eigenvalue weighted by Gasteiger charge is -1.97. The Morgan fingerprint density at radius 1 is 1.00 bits per heavy atom. The van der Waals surface area contributed by atoms with Crippen LogP contribution in [0.25, 0.3) is 5.57 Å². The number of hydrogen-bond donors (Lipinski definition) is 0. The Labute approximate surface area is 95.3 Å². The first-order valence-electron chi connectivity index (χ1n) is 5.71. The topological polar surface area (TPSA) is 0 Å². The van der Waals surface area contributed by atoms with Gasteiger partial charge >= 0.3 is 0 Å². The Balaban J connectivity index is 0. The van der Waals surface area contributed by atoms with Crippen LogP contribution in [0, 0.1) is 0 Å². The summed E-state index contributed by atoms with van der Waals surface area (Å²) in [6, 6.07) is 10.2. The Bertz CT molecular complexity index is 255. The molecule has 0 aromatic heterocycles. The predicted molar refractivity (Wildman–Crippen MR) is 73.0 cm³/mol. The molecule has 1 rings (SSSR count). The van der Waals surface area contributed by atoms with Crippen molar-refractivity contribution in [1.82, 2.24) is 0 Å². The van der Waals surface area contributed by atoms with Gasteiger partial charge in [0.15, 0.2) is 0 Å². The SMILES string of the molecule is C=C(/C=C\C)c1ccccc1.CC.CC. The molecule has 0 atom stereocenters. The largest absolute Gasteiger partial charge is 0.0912 e. The van der Waals surface area contributed by atoms with Crippen molar-refractivity contribution < 1.29 is 0 Å². The molecule has 0 bridgehead atoms. The molecule has 0 saturated carbocycles. The van der Waals surface area contributed by atoms with Crippen molar-refractivity contribution in [3.05, 3.63) is 54.6 Å². The van der Waals surface area contributed by atoms with Gasteiger partial charge in [-0.3, -0.25) is 0 Å². The molecule has 0 heterocycles. The molecule has 0 N–H and O–H groups in total. The van der Waals surface area contributed by atoms with Crippen LogP contribution in [0.15, 0.2) is 49.1 Å². The summed E-state index contributed by atoms with van der Waals surface area (Å²) in [7, 11) is 0. The molecular formula is C15H24. The number of benzene rings is 1. The number of allylic oxidation sites excluding steroid dienone is 3. The minimum Gasteiger partial charge on any atom is -0.0912 e. The van der Waals surface area contributed by atoms with Gasteiger partial charge in [-0.2, -0.15) is 0 Å². The minimum absolute atomic E-state index is 1.06. The molecule has 0 saturated heterocycles. The van der Waals surface area contributed by atoms with Crippen LogP contribution in [0.5, 0.6) is 0 Å². The second kappa shape index (κ2) is 12.7. The molecule has 0 fully saturated rings. The smallest absolute Gasteiger partial charge is 0.0190 e. The normalized spacial score (nSPS) is 8.33. The molecule has 0 heteroatoms. The van der Waals surface area contributed by atoms with Gasteiger partial charge < -0.3 is 0 Å². The lowest BCUT2D eigenvalue weighted by atomic mass is 10.1. The molecule has 0 radical (unpaired) electrons. The van der Waals surface area contributed by atoms with Gasteiger partial charge in [-0.25, -0.2) is 0 Å². The van der Waals surface area contributed by atoms with Crippen molar-refractivity contribution in [3.8, 4) is 0 Å². The first-order chi connectivity index (χ1) is 7.34. The maximum Gasteiger partial charge on any atom is -0.0190 e. The van der Waals surface area contributed by atoms with E-state index in [1.54, 1.807) is 0 Å². The predicted octanol–water partition coefficient (Wildman–Crippen LogP) is 5.33. The van der Waals surface area contributed by atoms with E-state index >= 15 is 0 Å². The highest BCUT2D eigenvalue weighted by molar-refractivity contribution is 5.71. The van der Waals surface area contributed by atoms with Gasteiger partial charge in [-0.1, -0.05) is 76.8 Å². The van der Waals surface area contributed by atoms with Gasteiger partial charge in [0.05, 0.1) is 0 Å². The van der Waals surface area contributed by atoms with Gasteiger partial charge in [-0.05, 0) is 18.1 Å². The minimum atomic E-state index is 1.06. The highest BCUT2D eigenvalue weighted by Gasteiger charge is 1.89. The lowest BCUT2D eigenvalue weighted by molar-refractivity contribution is 1.50. The Morgan fingerprint density at radius 2 is 1.47 bits per heavy atom. The second-order valence-corrected chi connectivity index (χ2v) is 2.39. The second-order valence-electron chi connectivity index (χ2n) is 2.39. The van der Waals surface area contributed by atoms with Crippen LogP contribution in [-0.4, -0.2) is 0 Å². The summed E-state index contributed by atoms with van der Waals surface area (Å²) in [5.41, 5.74) is 2.25. The highest BCUT2D eigenvalue weighted by atomic mass is 13.9. The molecule has 1 aromatic carbocycles. The van der Waals surface area contributed by atoms with E-state index in [4.69, 9.17) is 0 Å². The van der Waals surface area contributed by atoms with E-state index in [-0.39, 0.29) is 0 Å². The highest BCUT2D eigenvalue weighted by Crippen LogP contribution is 2.11. The Morgan fingerprint density at radius 3 is 1.87 bits per heavy atom. The van der Waals surface area contributed by atoms with E-state index in [2.05, 4.69) is 18.7 Å². The molecule has 0 aliphatic heterocycles. The molecule has 0 aliphatic carbocycles. The van der Waals surface area contributed by atoms with E-state index in [0.29, 0.717) is 0 Å². The van der Waals surface area contributed by atoms with Gasteiger partial charge in [0, 0.05) is 0 Å². The van der Waals surface area contributed by atoms with Crippen molar-refractivity contribution in [2.45, 2.75) is 34.6 Å². The van der Waals surface area contributed by atoms with Crippen LogP contribution in [-0.2, 0) is 0 Å². The van der Waals surface area contributed by atoms with Crippen LogP contribution in [0.2, 0.25) is 0 Å². The summed E-state index contributed by atoms with van der Waals surface area (Å²) in [6.07, 6.45) is 4.00. The van der Waals surface area contributed by atoms with Gasteiger partial charge in [0.1, 0.15) is 0 Å². The van der Waals surface area contributed by atoms with Gasteiger partial charge in [0.25, 0.3) is 0 Å². The molecule has 0 amide bonds. The molecule has 0 aliphatic rings. The van der Waals surface area contributed by atoms with Crippen LogP contribution >= 0.6 is 0 Å². The third-order valence-electron chi connectivity index (χ3n) is 1.51. The van der Waals surface area contributed by atoms with E-state index < -0.39 is 0 Å². The summed E-state index contributed by atoms with van der Waals surface area (Å²) < 4.78 is 0. The number of rotatable bonds is 2. The van der Waals surface area contributed by atoms with Crippen LogP contribution in [0.4, 0.5) is 0 Å². The van der Waals surface area contributed by atoms with Crippen LogP contribution < -0.4 is 0 Å². The summed E-state index contributed by atoms with van der Waals surface area (Å²) in [4.78, 5) is 0. The van der Waals surface area contributed by atoms with E-state index in [1.807, 2.05) is 65.0 Å². The average molecular weight is 204 g/mol. The molecule has 0 spiro atoms. The molecule has 1 aromatic rings. The fourth-order valence-corrected chi connectivity index (χ4v) is 0.950. The third-order valence-corrected chi connectivity index (χ3v) is 1.51.